The van der Waals surface area contributed by atoms with Gasteiger partial charge in [-0.3, -0.25) is 4.90 Å². The zero-order valence-corrected chi connectivity index (χ0v) is 17.2. The van der Waals surface area contributed by atoms with Crippen molar-refractivity contribution < 1.29 is 22.6 Å². The van der Waals surface area contributed by atoms with Gasteiger partial charge < -0.3 is 19.8 Å². The van der Waals surface area contributed by atoms with E-state index in [1.54, 1.807) is 0 Å². The molecule has 2 saturated heterocycles. The Labute approximate surface area is 181 Å². The van der Waals surface area contributed by atoms with Gasteiger partial charge in [-0.2, -0.15) is 13.2 Å². The van der Waals surface area contributed by atoms with Crippen molar-refractivity contribution in [3.8, 4) is 5.75 Å². The van der Waals surface area contributed by atoms with Crippen LogP contribution in [-0.2, 0) is 10.9 Å². The first-order valence-electron chi connectivity index (χ1n) is 10.6. The van der Waals surface area contributed by atoms with Crippen LogP contribution in [0.1, 0.15) is 23.7 Å². The number of nitrogens with one attached hydrogen (secondary N) is 2. The Kier molecular flexibility index (Phi) is 4.38. The van der Waals surface area contributed by atoms with E-state index in [4.69, 9.17) is 9.47 Å². The lowest BCUT2D eigenvalue weighted by molar-refractivity contribution is -0.140. The van der Waals surface area contributed by atoms with Gasteiger partial charge in [0.2, 0.25) is 0 Å². The average Bonchev–Trinajstić information content (AvgIpc) is 3.39. The van der Waals surface area contributed by atoms with Gasteiger partial charge in [-0.15, -0.1) is 0 Å². The molecule has 10 heteroatoms. The van der Waals surface area contributed by atoms with Crippen LogP contribution >= 0.6 is 0 Å². The van der Waals surface area contributed by atoms with Gasteiger partial charge in [0.25, 0.3) is 0 Å². The van der Waals surface area contributed by atoms with Crippen LogP contribution in [0.3, 0.4) is 0 Å². The number of nitrogens with zero attached hydrogens (tertiary/aromatic N) is 3. The predicted octanol–water partition coefficient (Wildman–Crippen LogP) is 3.61. The molecule has 2 N–H and O–H groups in total. The number of fused-ring (bicyclic) bond motifs is 2. The Morgan fingerprint density at radius 2 is 2.03 bits per heavy atom. The Hall–Kier alpha value is -2.85. The Morgan fingerprint density at radius 3 is 2.78 bits per heavy atom. The van der Waals surface area contributed by atoms with Crippen LogP contribution in [0.5, 0.6) is 5.75 Å². The minimum Gasteiger partial charge on any atom is -0.491 e. The van der Waals surface area contributed by atoms with Gasteiger partial charge in [-0.1, -0.05) is 18.2 Å². The van der Waals surface area contributed by atoms with Crippen molar-refractivity contribution in [2.45, 2.75) is 24.7 Å². The Morgan fingerprint density at radius 1 is 1.19 bits per heavy atom. The molecule has 2 atom stereocenters. The summed E-state index contributed by atoms with van der Waals surface area (Å²) in [6, 6.07) is 8.64. The standard InChI is InChI=1S/C22H22F3N5O2/c23-22(24,25)17-7-14-19(28-17)26-12-27-20(14)29-18-13-3-1-2-4-16(13)32-8-15(18)30-6-5-21(9-30)10-31-11-21/h1-4,7,12,15,18H,5-6,8-11H2,(H2,26,27,28,29)/t15-,18-/m0/s1. The zero-order valence-electron chi connectivity index (χ0n) is 17.2. The Bertz CT molecular complexity index is 1160. The molecule has 168 valence electrons. The van der Waals surface area contributed by atoms with Gasteiger partial charge in [0, 0.05) is 17.5 Å². The van der Waals surface area contributed by atoms with Crippen LogP contribution in [0.2, 0.25) is 0 Å². The fourth-order valence-corrected chi connectivity index (χ4v) is 5.07. The smallest absolute Gasteiger partial charge is 0.431 e. The molecule has 2 aromatic heterocycles. The molecule has 6 rings (SSSR count). The quantitative estimate of drug-likeness (QED) is 0.642. The van der Waals surface area contributed by atoms with E-state index in [9.17, 15) is 13.2 Å². The minimum atomic E-state index is -4.49. The SMILES string of the molecule is FC(F)(F)c1cc2c(N[C@H]3c4ccccc4OC[C@@H]3N3CCC4(COC4)C3)ncnc2[nH]1. The van der Waals surface area contributed by atoms with Gasteiger partial charge in [-0.25, -0.2) is 9.97 Å². The van der Waals surface area contributed by atoms with Crippen LogP contribution in [0, 0.1) is 5.41 Å². The number of rotatable bonds is 3. The summed E-state index contributed by atoms with van der Waals surface area (Å²) in [6.45, 7) is 3.90. The highest BCUT2D eigenvalue weighted by atomic mass is 19.4. The number of aromatic amines is 1. The number of hydrogen-bond acceptors (Lipinski definition) is 6. The van der Waals surface area contributed by atoms with E-state index < -0.39 is 11.9 Å². The van der Waals surface area contributed by atoms with Crippen LogP contribution in [0.15, 0.2) is 36.7 Å². The van der Waals surface area contributed by atoms with Crippen molar-refractivity contribution in [3.05, 3.63) is 47.9 Å². The summed E-state index contributed by atoms with van der Waals surface area (Å²) >= 11 is 0. The lowest BCUT2D eigenvalue weighted by atomic mass is 9.85. The summed E-state index contributed by atoms with van der Waals surface area (Å²) < 4.78 is 51.3. The van der Waals surface area contributed by atoms with E-state index in [1.165, 1.54) is 6.33 Å². The molecule has 0 unspecified atom stereocenters. The van der Waals surface area contributed by atoms with Crippen LogP contribution < -0.4 is 10.1 Å². The van der Waals surface area contributed by atoms with Gasteiger partial charge >= 0.3 is 6.18 Å². The largest absolute Gasteiger partial charge is 0.491 e. The molecule has 3 aliphatic rings. The lowest BCUT2D eigenvalue weighted by Gasteiger charge is -2.42. The Balaban J connectivity index is 1.37. The molecule has 32 heavy (non-hydrogen) atoms. The molecular weight excluding hydrogens is 423 g/mol. The van der Waals surface area contributed by atoms with Crippen LogP contribution in [-0.4, -0.2) is 58.8 Å². The monoisotopic (exact) mass is 445 g/mol. The molecule has 3 aromatic rings. The summed E-state index contributed by atoms with van der Waals surface area (Å²) in [5.74, 6) is 1.15. The van der Waals surface area contributed by atoms with Crippen molar-refractivity contribution in [2.24, 2.45) is 5.41 Å². The maximum atomic E-state index is 13.3. The topological polar surface area (TPSA) is 75.3 Å². The highest BCUT2D eigenvalue weighted by Crippen LogP contribution is 2.43. The molecule has 3 aliphatic heterocycles. The third-order valence-corrected chi connectivity index (χ3v) is 6.83. The van der Waals surface area contributed by atoms with Crippen molar-refractivity contribution in [1.82, 2.24) is 19.9 Å². The van der Waals surface area contributed by atoms with E-state index in [-0.39, 0.29) is 23.1 Å². The number of alkyl halides is 3. The number of aromatic nitrogens is 3. The predicted molar refractivity (Wildman–Crippen MR) is 110 cm³/mol. The van der Waals surface area contributed by atoms with E-state index in [2.05, 4.69) is 25.2 Å². The second kappa shape index (κ2) is 7.08. The molecule has 1 aromatic carbocycles. The van der Waals surface area contributed by atoms with E-state index >= 15 is 0 Å². The first-order valence-corrected chi connectivity index (χ1v) is 10.6. The number of benzene rings is 1. The van der Waals surface area contributed by atoms with Gasteiger partial charge in [0.15, 0.2) is 0 Å². The minimum absolute atomic E-state index is 0.0101. The average molecular weight is 445 g/mol. The molecule has 0 radical (unpaired) electrons. The zero-order chi connectivity index (χ0) is 21.9. The molecule has 0 aliphatic carbocycles. The molecule has 7 nitrogen and oxygen atoms in total. The third-order valence-electron chi connectivity index (χ3n) is 6.83. The highest BCUT2D eigenvalue weighted by molar-refractivity contribution is 5.88. The maximum absolute atomic E-state index is 13.3. The van der Waals surface area contributed by atoms with Crippen LogP contribution in [0.4, 0.5) is 19.0 Å². The van der Waals surface area contributed by atoms with Gasteiger partial charge in [-0.05, 0) is 25.1 Å². The molecule has 1 spiro atoms. The molecule has 0 saturated carbocycles. The van der Waals surface area contributed by atoms with Crippen molar-refractivity contribution in [2.75, 3.05) is 38.2 Å². The third kappa shape index (κ3) is 3.20. The van der Waals surface area contributed by atoms with E-state index in [0.717, 1.165) is 50.1 Å². The second-order valence-electron chi connectivity index (χ2n) is 8.92. The molecule has 0 bridgehead atoms. The fourth-order valence-electron chi connectivity index (χ4n) is 5.07. The number of ether oxygens (including phenoxy) is 2. The summed E-state index contributed by atoms with van der Waals surface area (Å²) in [5.41, 5.74) is 0.490. The highest BCUT2D eigenvalue weighted by Gasteiger charge is 2.48. The first kappa shape index (κ1) is 19.8. The lowest BCUT2D eigenvalue weighted by Crippen LogP contribution is -2.50. The number of halogens is 3. The second-order valence-corrected chi connectivity index (χ2v) is 8.92. The van der Waals surface area contributed by atoms with Crippen molar-refractivity contribution in [1.29, 1.82) is 0 Å². The number of para-hydroxylation sites is 1. The summed E-state index contributed by atoms with van der Waals surface area (Å²) in [6.07, 6.45) is -2.14. The number of H-pyrrole nitrogens is 1. The maximum Gasteiger partial charge on any atom is 0.431 e. The number of anilines is 1. The summed E-state index contributed by atoms with van der Waals surface area (Å²) in [4.78, 5) is 13.1. The summed E-state index contributed by atoms with van der Waals surface area (Å²) in [5, 5.41) is 3.76. The van der Waals surface area contributed by atoms with Gasteiger partial charge in [0.1, 0.15) is 35.8 Å². The number of likely N-dealkylation sites (tertiary alicyclic amines) is 1. The fraction of sp³-hybridized carbons (Fsp3) is 0.455. The molecular formula is C22H22F3N5O2. The van der Waals surface area contributed by atoms with Gasteiger partial charge in [0.05, 0.1) is 30.7 Å². The van der Waals surface area contributed by atoms with Crippen molar-refractivity contribution >= 4 is 16.9 Å². The normalized spacial score (nSPS) is 24.8. The van der Waals surface area contributed by atoms with E-state index in [0.29, 0.717) is 17.8 Å². The van der Waals surface area contributed by atoms with E-state index in [1.807, 2.05) is 24.3 Å². The molecule has 0 amide bonds. The van der Waals surface area contributed by atoms with Crippen LogP contribution in [0.25, 0.3) is 11.0 Å². The summed E-state index contributed by atoms with van der Waals surface area (Å²) in [7, 11) is 0. The molecule has 5 heterocycles. The van der Waals surface area contributed by atoms with Crippen molar-refractivity contribution in [3.63, 3.8) is 0 Å². The number of hydrogen-bond donors (Lipinski definition) is 2. The molecule has 2 fully saturated rings. The first-order chi connectivity index (χ1) is 15.4.